The van der Waals surface area contributed by atoms with Crippen molar-refractivity contribution in [3.05, 3.63) is 35.4 Å². The topological polar surface area (TPSA) is 93.8 Å². The molecule has 7 heteroatoms. The number of amides is 1. The van der Waals surface area contributed by atoms with Gasteiger partial charge in [-0.3, -0.25) is 9.59 Å². The van der Waals surface area contributed by atoms with Crippen LogP contribution in [0.2, 0.25) is 0 Å². The van der Waals surface area contributed by atoms with E-state index >= 15 is 0 Å². The Morgan fingerprint density at radius 2 is 2.10 bits per heavy atom. The van der Waals surface area contributed by atoms with Gasteiger partial charge in [0.25, 0.3) is 0 Å². The highest BCUT2D eigenvalue weighted by molar-refractivity contribution is 7.80. The van der Waals surface area contributed by atoms with Crippen LogP contribution in [0.3, 0.4) is 0 Å². The number of carboxylic acid groups (broad SMARTS) is 1. The molecule has 0 fully saturated rings. The van der Waals surface area contributed by atoms with Gasteiger partial charge in [-0.1, -0.05) is 19.1 Å². The van der Waals surface area contributed by atoms with E-state index in [0.29, 0.717) is 16.9 Å². The van der Waals surface area contributed by atoms with Gasteiger partial charge in [0, 0.05) is 11.7 Å². The van der Waals surface area contributed by atoms with E-state index in [-0.39, 0.29) is 0 Å². The van der Waals surface area contributed by atoms with Gasteiger partial charge < -0.3 is 5.11 Å². The minimum atomic E-state index is -1.15. The molecule has 0 radical (unpaired) electrons. The van der Waals surface area contributed by atoms with Gasteiger partial charge in [0.05, 0.1) is 17.8 Å². The van der Waals surface area contributed by atoms with Gasteiger partial charge >= 0.3 is 5.97 Å². The van der Waals surface area contributed by atoms with Gasteiger partial charge in [0.1, 0.15) is 6.54 Å². The Hall–Kier alpha value is -2.33. The number of nitrogens with zero attached hydrogens (tertiary/aromatic N) is 3. The van der Waals surface area contributed by atoms with Crippen molar-refractivity contribution in [2.75, 3.05) is 12.3 Å². The molecule has 0 saturated heterocycles. The maximum Gasteiger partial charge on any atom is 0.325 e. The summed E-state index contributed by atoms with van der Waals surface area (Å²) in [4.78, 5) is 22.8. The predicted octanol–water partition coefficient (Wildman–Crippen LogP) is 1.37. The van der Waals surface area contributed by atoms with Crippen molar-refractivity contribution in [2.24, 2.45) is 11.0 Å². The summed E-state index contributed by atoms with van der Waals surface area (Å²) in [5.74, 6) is -1.67. The van der Waals surface area contributed by atoms with Crippen LogP contribution < -0.4 is 0 Å². The van der Waals surface area contributed by atoms with Crippen LogP contribution in [-0.4, -0.2) is 40.5 Å². The number of thiol groups is 1. The van der Waals surface area contributed by atoms with Crippen LogP contribution in [0, 0.1) is 17.2 Å². The molecule has 0 heterocycles. The van der Waals surface area contributed by atoms with Gasteiger partial charge in [-0.2, -0.15) is 23.0 Å². The Kier molecular flexibility index (Phi) is 6.43. The van der Waals surface area contributed by atoms with Crippen LogP contribution in [0.25, 0.3) is 0 Å². The van der Waals surface area contributed by atoms with Crippen molar-refractivity contribution in [1.29, 1.82) is 5.26 Å². The van der Waals surface area contributed by atoms with Crippen molar-refractivity contribution < 1.29 is 14.7 Å². The molecular weight excluding hydrogens is 290 g/mol. The monoisotopic (exact) mass is 305 g/mol. The standard InChI is InChI=1S/C14H15N3O3S/c1-10(9-21)14(20)17(8-13(18)19)16-7-12-4-2-11(6-15)3-5-12/h2-5,7,10,21H,8-9H2,1H3,(H,18,19). The molecule has 6 nitrogen and oxygen atoms in total. The number of benzene rings is 1. The summed E-state index contributed by atoms with van der Waals surface area (Å²) in [7, 11) is 0. The van der Waals surface area contributed by atoms with Crippen LogP contribution in [0.5, 0.6) is 0 Å². The lowest BCUT2D eigenvalue weighted by Crippen LogP contribution is -2.35. The van der Waals surface area contributed by atoms with Gasteiger partial charge in [-0.05, 0) is 17.7 Å². The minimum absolute atomic E-state index is 0.307. The molecule has 0 spiro atoms. The van der Waals surface area contributed by atoms with Crippen molar-refractivity contribution >= 4 is 30.7 Å². The summed E-state index contributed by atoms with van der Waals surface area (Å²) in [6.45, 7) is 1.14. The molecule has 0 saturated carbocycles. The number of carbonyl (C=O) groups is 2. The third-order valence-corrected chi connectivity index (χ3v) is 3.17. The summed E-state index contributed by atoms with van der Waals surface area (Å²) in [5, 5.41) is 22.4. The first-order chi connectivity index (χ1) is 9.97. The van der Waals surface area contributed by atoms with Crippen LogP contribution in [0.15, 0.2) is 29.4 Å². The Balaban J connectivity index is 2.88. The lowest BCUT2D eigenvalue weighted by molar-refractivity contribution is -0.145. The third-order valence-electron chi connectivity index (χ3n) is 2.62. The second-order valence-electron chi connectivity index (χ2n) is 4.35. The Morgan fingerprint density at radius 1 is 1.48 bits per heavy atom. The molecule has 0 aromatic heterocycles. The molecular formula is C14H15N3O3S. The maximum absolute atomic E-state index is 12.0. The van der Waals surface area contributed by atoms with Crippen LogP contribution >= 0.6 is 12.6 Å². The average molecular weight is 305 g/mol. The number of rotatable bonds is 6. The number of aliphatic carboxylic acids is 1. The first kappa shape index (κ1) is 16.7. The van der Waals surface area contributed by atoms with E-state index < -0.39 is 24.3 Å². The SMILES string of the molecule is CC(CS)C(=O)N(CC(=O)O)N=Cc1ccc(C#N)cc1. The van der Waals surface area contributed by atoms with Crippen molar-refractivity contribution in [3.8, 4) is 6.07 Å². The molecule has 0 aliphatic rings. The zero-order valence-electron chi connectivity index (χ0n) is 11.4. The summed E-state index contributed by atoms with van der Waals surface area (Å²) < 4.78 is 0. The minimum Gasteiger partial charge on any atom is -0.480 e. The number of hydrogen-bond donors (Lipinski definition) is 2. The fourth-order valence-corrected chi connectivity index (χ4v) is 1.57. The van der Waals surface area contributed by atoms with E-state index in [2.05, 4.69) is 17.7 Å². The zero-order chi connectivity index (χ0) is 15.8. The Labute approximate surface area is 128 Å². The first-order valence-electron chi connectivity index (χ1n) is 6.16. The molecule has 0 aliphatic carbocycles. The van der Waals surface area contributed by atoms with Gasteiger partial charge in [0.2, 0.25) is 5.91 Å². The quantitative estimate of drug-likeness (QED) is 0.471. The highest BCUT2D eigenvalue weighted by Crippen LogP contribution is 2.06. The van der Waals surface area contributed by atoms with Crippen molar-refractivity contribution in [1.82, 2.24) is 5.01 Å². The van der Waals surface area contributed by atoms with Crippen LogP contribution in [0.1, 0.15) is 18.1 Å². The molecule has 0 aliphatic heterocycles. The second-order valence-corrected chi connectivity index (χ2v) is 4.72. The third kappa shape index (κ3) is 5.28. The largest absolute Gasteiger partial charge is 0.480 e. The average Bonchev–Trinajstić information content (AvgIpc) is 2.50. The number of carbonyl (C=O) groups excluding carboxylic acids is 1. The fraction of sp³-hybridized carbons (Fsp3) is 0.286. The van der Waals surface area contributed by atoms with E-state index in [4.69, 9.17) is 10.4 Å². The van der Waals surface area contributed by atoms with E-state index in [1.165, 1.54) is 6.21 Å². The first-order valence-corrected chi connectivity index (χ1v) is 6.79. The van der Waals surface area contributed by atoms with Crippen LogP contribution in [0.4, 0.5) is 0 Å². The van der Waals surface area contributed by atoms with E-state index in [9.17, 15) is 9.59 Å². The van der Waals surface area contributed by atoms with E-state index in [1.807, 2.05) is 6.07 Å². The predicted molar refractivity (Wildman–Crippen MR) is 81.1 cm³/mol. The number of carboxylic acids is 1. The summed E-state index contributed by atoms with van der Waals surface area (Å²) in [6.07, 6.45) is 1.38. The zero-order valence-corrected chi connectivity index (χ0v) is 12.3. The fourth-order valence-electron chi connectivity index (χ4n) is 1.42. The molecule has 1 rings (SSSR count). The lowest BCUT2D eigenvalue weighted by atomic mass is 10.2. The van der Waals surface area contributed by atoms with E-state index in [0.717, 1.165) is 5.01 Å². The smallest absolute Gasteiger partial charge is 0.325 e. The van der Waals surface area contributed by atoms with Crippen LogP contribution in [-0.2, 0) is 9.59 Å². The molecule has 1 aromatic carbocycles. The van der Waals surface area contributed by atoms with Crippen molar-refractivity contribution in [3.63, 3.8) is 0 Å². The van der Waals surface area contributed by atoms with Gasteiger partial charge in [-0.15, -0.1) is 0 Å². The summed E-state index contributed by atoms with van der Waals surface area (Å²) >= 11 is 4.02. The highest BCUT2D eigenvalue weighted by Gasteiger charge is 2.20. The molecule has 110 valence electrons. The van der Waals surface area contributed by atoms with Gasteiger partial charge in [-0.25, -0.2) is 5.01 Å². The molecule has 1 N–H and O–H groups in total. The molecule has 1 atom stereocenters. The maximum atomic E-state index is 12.0. The van der Waals surface area contributed by atoms with Crippen molar-refractivity contribution in [2.45, 2.75) is 6.92 Å². The second kappa shape index (κ2) is 8.07. The summed E-state index contributed by atoms with van der Waals surface area (Å²) in [5.41, 5.74) is 1.17. The van der Waals surface area contributed by atoms with Gasteiger partial charge in [0.15, 0.2) is 0 Å². The molecule has 21 heavy (non-hydrogen) atoms. The number of hydrogen-bond acceptors (Lipinski definition) is 5. The summed E-state index contributed by atoms with van der Waals surface area (Å²) in [6, 6.07) is 8.54. The molecule has 0 bridgehead atoms. The molecule has 1 unspecified atom stereocenters. The van der Waals surface area contributed by atoms with E-state index in [1.54, 1.807) is 31.2 Å². The highest BCUT2D eigenvalue weighted by atomic mass is 32.1. The number of nitriles is 1. The molecule has 1 aromatic rings. The Morgan fingerprint density at radius 3 is 2.57 bits per heavy atom. The normalized spacial score (nSPS) is 11.9. The molecule has 1 amide bonds. The number of hydrazone groups is 1. The lowest BCUT2D eigenvalue weighted by Gasteiger charge is -2.18. The Bertz CT molecular complexity index is 578.